The summed E-state index contributed by atoms with van der Waals surface area (Å²) in [6.07, 6.45) is 18.1. The molecule has 0 radical (unpaired) electrons. The Labute approximate surface area is 145 Å². The highest BCUT2D eigenvalue weighted by molar-refractivity contribution is 6.70. The lowest BCUT2D eigenvalue weighted by Gasteiger charge is -2.36. The van der Waals surface area contributed by atoms with Crippen molar-refractivity contribution < 1.29 is 9.22 Å². The van der Waals surface area contributed by atoms with E-state index in [2.05, 4.69) is 25.7 Å². The van der Waals surface area contributed by atoms with Crippen LogP contribution >= 0.6 is 0 Å². The van der Waals surface area contributed by atoms with Gasteiger partial charge in [0.2, 0.25) is 0 Å². The van der Waals surface area contributed by atoms with Crippen LogP contribution in [0.4, 0.5) is 0 Å². The van der Waals surface area contributed by atoms with E-state index in [1.54, 1.807) is 0 Å². The molecule has 0 aromatic heterocycles. The van der Waals surface area contributed by atoms with E-state index in [9.17, 15) is 4.79 Å². The van der Waals surface area contributed by atoms with Crippen molar-refractivity contribution in [2.24, 2.45) is 0 Å². The van der Waals surface area contributed by atoms with Crippen LogP contribution in [0.1, 0.15) is 84.0 Å². The quantitative estimate of drug-likeness (QED) is 0.438. The van der Waals surface area contributed by atoms with Crippen molar-refractivity contribution in [2.75, 3.05) is 0 Å². The van der Waals surface area contributed by atoms with Crippen LogP contribution in [-0.4, -0.2) is 19.7 Å². The van der Waals surface area contributed by atoms with Gasteiger partial charge in [-0.1, -0.05) is 63.5 Å². The minimum absolute atomic E-state index is 0.315. The number of carbonyl (C=O) groups excluding carboxylic acids is 1. The van der Waals surface area contributed by atoms with E-state index in [4.69, 9.17) is 4.43 Å². The SMILES string of the molecule is C/C=C\C1(O[Si](C)(C)C)CCCCCCCCCCCCC1=O. The first-order chi connectivity index (χ1) is 10.9. The average molecular weight is 339 g/mol. The van der Waals surface area contributed by atoms with Crippen molar-refractivity contribution in [1.82, 2.24) is 0 Å². The first-order valence-electron chi connectivity index (χ1n) is 9.77. The topological polar surface area (TPSA) is 26.3 Å². The zero-order valence-electron chi connectivity index (χ0n) is 16.0. The molecule has 0 spiro atoms. The third kappa shape index (κ3) is 8.30. The van der Waals surface area contributed by atoms with Gasteiger partial charge < -0.3 is 4.43 Å². The lowest BCUT2D eigenvalue weighted by Crippen LogP contribution is -2.47. The minimum Gasteiger partial charge on any atom is -0.402 e. The van der Waals surface area contributed by atoms with Crippen LogP contribution in [0, 0.1) is 0 Å². The molecule has 1 saturated carbocycles. The lowest BCUT2D eigenvalue weighted by atomic mass is 9.87. The Morgan fingerprint density at radius 1 is 0.870 bits per heavy atom. The number of carbonyl (C=O) groups is 1. The number of rotatable bonds is 3. The molecule has 0 bridgehead atoms. The maximum absolute atomic E-state index is 13.0. The first kappa shape index (κ1) is 20.6. The van der Waals surface area contributed by atoms with Crippen molar-refractivity contribution in [2.45, 2.75) is 109 Å². The second-order valence-corrected chi connectivity index (χ2v) is 12.5. The van der Waals surface area contributed by atoms with Crippen LogP contribution in [0.3, 0.4) is 0 Å². The Morgan fingerprint density at radius 2 is 1.35 bits per heavy atom. The average Bonchev–Trinajstić information content (AvgIpc) is 2.46. The van der Waals surface area contributed by atoms with Crippen molar-refractivity contribution in [3.05, 3.63) is 12.2 Å². The normalized spacial score (nSPS) is 27.0. The monoisotopic (exact) mass is 338 g/mol. The van der Waals surface area contributed by atoms with Crippen LogP contribution in [-0.2, 0) is 9.22 Å². The molecular formula is C20H38O2Si. The van der Waals surface area contributed by atoms with Crippen LogP contribution in [0.5, 0.6) is 0 Å². The molecule has 0 N–H and O–H groups in total. The first-order valence-corrected chi connectivity index (χ1v) is 13.2. The molecule has 0 aromatic carbocycles. The summed E-state index contributed by atoms with van der Waals surface area (Å²) in [6, 6.07) is 0. The molecule has 1 rings (SSSR count). The molecule has 1 aliphatic rings. The summed E-state index contributed by atoms with van der Waals surface area (Å²) in [6.45, 7) is 8.58. The molecule has 0 amide bonds. The summed E-state index contributed by atoms with van der Waals surface area (Å²) in [5.41, 5.74) is -0.649. The lowest BCUT2D eigenvalue weighted by molar-refractivity contribution is -0.132. The molecule has 1 aliphatic carbocycles. The fourth-order valence-electron chi connectivity index (χ4n) is 3.57. The molecule has 1 fully saturated rings. The Morgan fingerprint density at radius 3 is 1.83 bits per heavy atom. The number of ketones is 1. The van der Waals surface area contributed by atoms with Gasteiger partial charge in [-0.25, -0.2) is 0 Å². The highest BCUT2D eigenvalue weighted by Crippen LogP contribution is 2.30. The maximum Gasteiger partial charge on any atom is 0.185 e. The summed E-state index contributed by atoms with van der Waals surface area (Å²) < 4.78 is 6.48. The molecule has 0 heterocycles. The van der Waals surface area contributed by atoms with Gasteiger partial charge in [-0.2, -0.15) is 0 Å². The van der Waals surface area contributed by atoms with Crippen molar-refractivity contribution in [1.29, 1.82) is 0 Å². The van der Waals surface area contributed by atoms with Gasteiger partial charge in [-0.15, -0.1) is 0 Å². The number of allylic oxidation sites excluding steroid dienone is 1. The van der Waals surface area contributed by atoms with Gasteiger partial charge in [0.25, 0.3) is 0 Å². The summed E-state index contributed by atoms with van der Waals surface area (Å²) in [5.74, 6) is 0.315. The molecule has 0 saturated heterocycles. The summed E-state index contributed by atoms with van der Waals surface area (Å²) in [7, 11) is -1.78. The predicted molar refractivity (Wildman–Crippen MR) is 102 cm³/mol. The van der Waals surface area contributed by atoms with E-state index in [0.717, 1.165) is 19.3 Å². The number of hydrogen-bond donors (Lipinski definition) is 0. The van der Waals surface area contributed by atoms with Crippen molar-refractivity contribution in [3.63, 3.8) is 0 Å². The van der Waals surface area contributed by atoms with Crippen LogP contribution < -0.4 is 0 Å². The Kier molecular flexibility index (Phi) is 9.37. The van der Waals surface area contributed by atoms with E-state index in [0.29, 0.717) is 12.2 Å². The predicted octanol–water partition coefficient (Wildman–Crippen LogP) is 6.42. The van der Waals surface area contributed by atoms with Gasteiger partial charge in [0.15, 0.2) is 14.1 Å². The molecule has 1 unspecified atom stereocenters. The zero-order valence-corrected chi connectivity index (χ0v) is 17.0. The standard InChI is InChI=1S/C20H38O2Si/c1-5-17-20(22-23(2,3)4)18-15-13-11-9-7-6-8-10-12-14-16-19(20)21/h5,17H,6-16,18H2,1-4H3/b17-5-. The fraction of sp³-hybridized carbons (Fsp3) is 0.850. The van der Waals surface area contributed by atoms with Gasteiger partial charge >= 0.3 is 0 Å². The van der Waals surface area contributed by atoms with Crippen LogP contribution in [0.25, 0.3) is 0 Å². The summed E-state index contributed by atoms with van der Waals surface area (Å²) >= 11 is 0. The van der Waals surface area contributed by atoms with Gasteiger partial charge in [-0.05, 0) is 45.8 Å². The summed E-state index contributed by atoms with van der Waals surface area (Å²) in [4.78, 5) is 13.0. The van der Waals surface area contributed by atoms with Crippen LogP contribution in [0.15, 0.2) is 12.2 Å². The van der Waals surface area contributed by atoms with E-state index in [1.165, 1.54) is 51.4 Å². The van der Waals surface area contributed by atoms with E-state index >= 15 is 0 Å². The smallest absolute Gasteiger partial charge is 0.185 e. The molecule has 23 heavy (non-hydrogen) atoms. The van der Waals surface area contributed by atoms with Gasteiger partial charge in [0, 0.05) is 6.42 Å². The van der Waals surface area contributed by atoms with E-state index in [1.807, 2.05) is 13.0 Å². The third-order valence-electron chi connectivity index (χ3n) is 4.60. The summed E-state index contributed by atoms with van der Waals surface area (Å²) in [5, 5.41) is 0. The van der Waals surface area contributed by atoms with E-state index in [-0.39, 0.29) is 0 Å². The Balaban J connectivity index is 2.85. The Bertz CT molecular complexity index is 370. The molecule has 0 aromatic rings. The van der Waals surface area contributed by atoms with Gasteiger partial charge in [0.05, 0.1) is 0 Å². The molecule has 134 valence electrons. The molecular weight excluding hydrogens is 300 g/mol. The molecule has 0 aliphatic heterocycles. The second-order valence-electron chi connectivity index (χ2n) is 8.06. The zero-order chi connectivity index (χ0) is 17.2. The van der Waals surface area contributed by atoms with Gasteiger partial charge in [-0.3, -0.25) is 4.79 Å². The van der Waals surface area contributed by atoms with Crippen molar-refractivity contribution in [3.8, 4) is 0 Å². The second kappa shape index (κ2) is 10.5. The molecule has 3 heteroatoms. The maximum atomic E-state index is 13.0. The Hall–Kier alpha value is -0.413. The third-order valence-corrected chi connectivity index (χ3v) is 5.57. The number of Topliss-reactive ketones (excluding diaryl/α,β-unsaturated/α-hetero) is 1. The highest BCUT2D eigenvalue weighted by atomic mass is 28.4. The fourth-order valence-corrected chi connectivity index (χ4v) is 4.95. The molecule has 2 nitrogen and oxygen atoms in total. The molecule has 1 atom stereocenters. The minimum atomic E-state index is -1.78. The van der Waals surface area contributed by atoms with E-state index < -0.39 is 13.9 Å². The highest BCUT2D eigenvalue weighted by Gasteiger charge is 2.39. The number of hydrogen-bond acceptors (Lipinski definition) is 2. The largest absolute Gasteiger partial charge is 0.402 e. The van der Waals surface area contributed by atoms with Crippen molar-refractivity contribution >= 4 is 14.1 Å². The van der Waals surface area contributed by atoms with Crippen LogP contribution in [0.2, 0.25) is 19.6 Å². The van der Waals surface area contributed by atoms with Gasteiger partial charge in [0.1, 0.15) is 5.60 Å².